The standard InChI is InChI=1S/C26H35BrN2O3/c1-7-19(5)28-26(31)20(6)29(15-21-10-8-9-18(4)13-21)25(30)16-32-24-12-11-22(17(2)3)14-23(24)27/h8-14,17,19-20H,7,15-16H2,1-6H3,(H,28,31)/t19-,20-/m0/s1. The third-order valence-corrected chi connectivity index (χ3v) is 6.20. The summed E-state index contributed by atoms with van der Waals surface area (Å²) >= 11 is 3.54. The third-order valence-electron chi connectivity index (χ3n) is 5.58. The van der Waals surface area contributed by atoms with E-state index in [0.29, 0.717) is 18.2 Å². The molecule has 0 aliphatic heterocycles. The molecule has 0 bridgehead atoms. The Bertz CT molecular complexity index is 929. The number of hydrogen-bond acceptors (Lipinski definition) is 3. The van der Waals surface area contributed by atoms with E-state index in [-0.39, 0.29) is 24.5 Å². The van der Waals surface area contributed by atoms with Crippen molar-refractivity contribution in [2.24, 2.45) is 0 Å². The van der Waals surface area contributed by atoms with Crippen LogP contribution in [0.4, 0.5) is 0 Å². The van der Waals surface area contributed by atoms with Crippen molar-refractivity contribution < 1.29 is 14.3 Å². The predicted molar refractivity (Wildman–Crippen MR) is 133 cm³/mol. The first kappa shape index (κ1) is 25.9. The Balaban J connectivity index is 2.18. The molecule has 1 N–H and O–H groups in total. The highest BCUT2D eigenvalue weighted by molar-refractivity contribution is 9.10. The lowest BCUT2D eigenvalue weighted by molar-refractivity contribution is -0.142. The first-order valence-electron chi connectivity index (χ1n) is 11.2. The first-order chi connectivity index (χ1) is 15.1. The molecule has 2 amide bonds. The van der Waals surface area contributed by atoms with E-state index in [1.165, 1.54) is 5.56 Å². The Kier molecular flexibility index (Phi) is 9.76. The van der Waals surface area contributed by atoms with Gasteiger partial charge in [-0.15, -0.1) is 0 Å². The molecule has 0 spiro atoms. The van der Waals surface area contributed by atoms with Crippen molar-refractivity contribution in [1.29, 1.82) is 0 Å². The molecule has 5 nitrogen and oxygen atoms in total. The number of benzene rings is 2. The second kappa shape index (κ2) is 12.0. The summed E-state index contributed by atoms with van der Waals surface area (Å²) < 4.78 is 6.65. The van der Waals surface area contributed by atoms with E-state index in [1.54, 1.807) is 11.8 Å². The van der Waals surface area contributed by atoms with Crippen molar-refractivity contribution in [3.8, 4) is 5.75 Å². The molecule has 2 rings (SSSR count). The lowest BCUT2D eigenvalue weighted by Gasteiger charge is -2.29. The Morgan fingerprint density at radius 2 is 1.81 bits per heavy atom. The third kappa shape index (κ3) is 7.37. The number of halogens is 1. The summed E-state index contributed by atoms with van der Waals surface area (Å²) in [5.74, 6) is 0.604. The molecular formula is C26H35BrN2O3. The van der Waals surface area contributed by atoms with Gasteiger partial charge in [0.2, 0.25) is 5.91 Å². The number of nitrogens with one attached hydrogen (secondary N) is 1. The van der Waals surface area contributed by atoms with Gasteiger partial charge in [-0.25, -0.2) is 0 Å². The van der Waals surface area contributed by atoms with Crippen molar-refractivity contribution in [3.63, 3.8) is 0 Å². The maximum absolute atomic E-state index is 13.2. The topological polar surface area (TPSA) is 58.6 Å². The summed E-state index contributed by atoms with van der Waals surface area (Å²) in [6.45, 7) is 12.2. The summed E-state index contributed by atoms with van der Waals surface area (Å²) in [7, 11) is 0. The second-order valence-corrected chi connectivity index (χ2v) is 9.49. The van der Waals surface area contributed by atoms with E-state index in [2.05, 4.69) is 35.1 Å². The minimum atomic E-state index is -0.618. The fourth-order valence-electron chi connectivity index (χ4n) is 3.27. The van der Waals surface area contributed by atoms with Crippen LogP contribution in [0.25, 0.3) is 0 Å². The van der Waals surface area contributed by atoms with Crippen molar-refractivity contribution in [2.45, 2.75) is 72.5 Å². The van der Waals surface area contributed by atoms with Crippen LogP contribution in [0.15, 0.2) is 46.9 Å². The fraction of sp³-hybridized carbons (Fsp3) is 0.462. The van der Waals surface area contributed by atoms with Gasteiger partial charge in [-0.2, -0.15) is 0 Å². The quantitative estimate of drug-likeness (QED) is 0.460. The van der Waals surface area contributed by atoms with Crippen LogP contribution < -0.4 is 10.1 Å². The van der Waals surface area contributed by atoms with E-state index in [0.717, 1.165) is 22.0 Å². The van der Waals surface area contributed by atoms with Crippen molar-refractivity contribution in [2.75, 3.05) is 6.61 Å². The maximum atomic E-state index is 13.2. The zero-order chi connectivity index (χ0) is 23.8. The Labute approximate surface area is 200 Å². The van der Waals surface area contributed by atoms with Crippen LogP contribution in [0.1, 0.15) is 63.6 Å². The molecule has 0 fully saturated rings. The molecule has 0 radical (unpaired) electrons. The number of carbonyl (C=O) groups is 2. The Hall–Kier alpha value is -2.34. The molecule has 0 aliphatic carbocycles. The van der Waals surface area contributed by atoms with E-state index in [9.17, 15) is 9.59 Å². The van der Waals surface area contributed by atoms with Crippen molar-refractivity contribution in [1.82, 2.24) is 10.2 Å². The summed E-state index contributed by atoms with van der Waals surface area (Å²) in [4.78, 5) is 27.6. The molecular weight excluding hydrogens is 468 g/mol. The number of carbonyl (C=O) groups excluding carboxylic acids is 2. The van der Waals surface area contributed by atoms with Gasteiger partial charge < -0.3 is 15.0 Å². The molecule has 2 aromatic rings. The van der Waals surface area contributed by atoms with Gasteiger partial charge in [0.15, 0.2) is 6.61 Å². The zero-order valence-electron chi connectivity index (χ0n) is 19.9. The molecule has 32 heavy (non-hydrogen) atoms. The molecule has 0 heterocycles. The van der Waals surface area contributed by atoms with Gasteiger partial charge >= 0.3 is 0 Å². The van der Waals surface area contributed by atoms with Crippen LogP contribution in [0.3, 0.4) is 0 Å². The maximum Gasteiger partial charge on any atom is 0.261 e. The van der Waals surface area contributed by atoms with Crippen LogP contribution in [-0.2, 0) is 16.1 Å². The minimum absolute atomic E-state index is 0.0487. The number of hydrogen-bond donors (Lipinski definition) is 1. The van der Waals surface area contributed by atoms with E-state index >= 15 is 0 Å². The summed E-state index contributed by atoms with van der Waals surface area (Å²) in [6.07, 6.45) is 0.827. The lowest BCUT2D eigenvalue weighted by atomic mass is 10.0. The summed E-state index contributed by atoms with van der Waals surface area (Å²) in [5.41, 5.74) is 3.27. The van der Waals surface area contributed by atoms with Gasteiger partial charge in [-0.3, -0.25) is 9.59 Å². The van der Waals surface area contributed by atoms with Crippen LogP contribution in [0, 0.1) is 6.92 Å². The molecule has 0 saturated carbocycles. The molecule has 0 aromatic heterocycles. The van der Waals surface area contributed by atoms with Crippen molar-refractivity contribution in [3.05, 3.63) is 63.6 Å². The molecule has 0 saturated heterocycles. The number of aryl methyl sites for hydroxylation is 1. The fourth-order valence-corrected chi connectivity index (χ4v) is 3.78. The van der Waals surface area contributed by atoms with E-state index in [4.69, 9.17) is 4.74 Å². The zero-order valence-corrected chi connectivity index (χ0v) is 21.5. The van der Waals surface area contributed by atoms with Crippen LogP contribution in [-0.4, -0.2) is 35.4 Å². The number of nitrogens with zero attached hydrogens (tertiary/aromatic N) is 1. The van der Waals surface area contributed by atoms with Gasteiger partial charge in [0.05, 0.1) is 4.47 Å². The molecule has 0 aliphatic rings. The number of rotatable bonds is 10. The molecule has 2 aromatic carbocycles. The summed E-state index contributed by atoms with van der Waals surface area (Å²) in [5, 5.41) is 2.98. The van der Waals surface area contributed by atoms with Crippen molar-refractivity contribution >= 4 is 27.7 Å². The van der Waals surface area contributed by atoms with E-state index < -0.39 is 6.04 Å². The minimum Gasteiger partial charge on any atom is -0.483 e. The molecule has 2 atom stereocenters. The van der Waals surface area contributed by atoms with Gasteiger partial charge in [0, 0.05) is 12.6 Å². The van der Waals surface area contributed by atoms with Gasteiger partial charge in [0.1, 0.15) is 11.8 Å². The van der Waals surface area contributed by atoms with Gasteiger partial charge in [-0.1, -0.05) is 56.7 Å². The lowest BCUT2D eigenvalue weighted by Crippen LogP contribution is -2.50. The van der Waals surface area contributed by atoms with Crippen LogP contribution in [0.2, 0.25) is 0 Å². The molecule has 174 valence electrons. The number of amides is 2. The highest BCUT2D eigenvalue weighted by Crippen LogP contribution is 2.29. The SMILES string of the molecule is CC[C@H](C)NC(=O)[C@H](C)N(Cc1cccc(C)c1)C(=O)COc1ccc(C(C)C)cc1Br. The highest BCUT2D eigenvalue weighted by Gasteiger charge is 2.27. The largest absolute Gasteiger partial charge is 0.483 e. The van der Waals surface area contributed by atoms with Crippen LogP contribution in [0.5, 0.6) is 5.75 Å². The predicted octanol–water partition coefficient (Wildman–Crippen LogP) is 5.59. The summed E-state index contributed by atoms with van der Waals surface area (Å²) in [6, 6.07) is 13.3. The van der Waals surface area contributed by atoms with E-state index in [1.807, 2.05) is 63.2 Å². The van der Waals surface area contributed by atoms with Gasteiger partial charge in [-0.05, 0) is 72.3 Å². The normalized spacial score (nSPS) is 12.9. The Morgan fingerprint density at radius 1 is 1.09 bits per heavy atom. The average molecular weight is 503 g/mol. The monoisotopic (exact) mass is 502 g/mol. The smallest absolute Gasteiger partial charge is 0.261 e. The Morgan fingerprint density at radius 3 is 2.41 bits per heavy atom. The average Bonchev–Trinajstić information content (AvgIpc) is 2.75. The first-order valence-corrected chi connectivity index (χ1v) is 12.0. The second-order valence-electron chi connectivity index (χ2n) is 8.64. The highest BCUT2D eigenvalue weighted by atomic mass is 79.9. The molecule has 0 unspecified atom stereocenters. The van der Waals surface area contributed by atoms with Gasteiger partial charge in [0.25, 0.3) is 5.91 Å². The number of ether oxygens (including phenoxy) is 1. The van der Waals surface area contributed by atoms with Crippen LogP contribution >= 0.6 is 15.9 Å². The molecule has 6 heteroatoms.